The summed E-state index contributed by atoms with van der Waals surface area (Å²) in [4.78, 5) is 2.41. The van der Waals surface area contributed by atoms with Crippen molar-refractivity contribution in [1.29, 1.82) is 0 Å². The molecule has 0 spiro atoms. The molecule has 1 unspecified atom stereocenters. The van der Waals surface area contributed by atoms with Crippen molar-refractivity contribution in [2.24, 2.45) is 0 Å². The molecule has 1 aliphatic heterocycles. The van der Waals surface area contributed by atoms with E-state index in [1.807, 2.05) is 6.07 Å². The molecule has 1 aliphatic rings. The van der Waals surface area contributed by atoms with Crippen LogP contribution in [0.2, 0.25) is 0 Å². The van der Waals surface area contributed by atoms with Crippen LogP contribution >= 0.6 is 0 Å². The molecule has 1 aromatic rings. The van der Waals surface area contributed by atoms with Crippen LogP contribution in [-0.2, 0) is 16.6 Å². The minimum absolute atomic E-state index is 0.149. The molecule has 0 bridgehead atoms. The monoisotopic (exact) mass is 311 g/mol. The third-order valence-corrected chi connectivity index (χ3v) is 5.16. The Bertz CT molecular complexity index is 519. The molecule has 6 heteroatoms. The molecule has 1 aromatic carbocycles. The molecule has 0 aromatic heterocycles. The Hall–Kier alpha value is -0.950. The fourth-order valence-electron chi connectivity index (χ4n) is 2.67. The Morgan fingerprint density at radius 2 is 2.05 bits per heavy atom. The van der Waals surface area contributed by atoms with Crippen LogP contribution in [0.25, 0.3) is 0 Å². The lowest BCUT2D eigenvalue weighted by molar-refractivity contribution is 0.321. The van der Waals surface area contributed by atoms with E-state index in [1.165, 1.54) is 5.56 Å². The second-order valence-electron chi connectivity index (χ2n) is 5.48. The highest BCUT2D eigenvalue weighted by molar-refractivity contribution is 7.89. The Labute approximate surface area is 127 Å². The van der Waals surface area contributed by atoms with Crippen LogP contribution in [0.3, 0.4) is 0 Å². The zero-order chi connectivity index (χ0) is 15.1. The van der Waals surface area contributed by atoms with Gasteiger partial charge >= 0.3 is 0 Å². The number of rotatable bonds is 8. The van der Waals surface area contributed by atoms with Gasteiger partial charge in [0, 0.05) is 38.8 Å². The number of benzene rings is 1. The lowest BCUT2D eigenvalue weighted by Gasteiger charge is -2.16. The number of sulfonamides is 1. The van der Waals surface area contributed by atoms with Crippen LogP contribution in [0.15, 0.2) is 30.3 Å². The third kappa shape index (κ3) is 5.74. The standard InChI is InChI=1S/C15H25N3O2S/c1-2-17-21(19,20)11-9-16-15-8-10-18(13-15)12-14-6-4-3-5-7-14/h3-7,15-17H,2,8-13H2,1H3. The lowest BCUT2D eigenvalue weighted by Crippen LogP contribution is -2.38. The van der Waals surface area contributed by atoms with Gasteiger partial charge in [-0.1, -0.05) is 37.3 Å². The Morgan fingerprint density at radius 3 is 2.76 bits per heavy atom. The molecule has 0 amide bonds. The summed E-state index contributed by atoms with van der Waals surface area (Å²) < 4.78 is 25.6. The number of nitrogens with zero attached hydrogens (tertiary/aromatic N) is 1. The van der Waals surface area contributed by atoms with E-state index in [4.69, 9.17) is 0 Å². The van der Waals surface area contributed by atoms with Crippen molar-refractivity contribution in [3.63, 3.8) is 0 Å². The summed E-state index contributed by atoms with van der Waals surface area (Å²) in [6.45, 7) is 5.77. The molecule has 0 saturated carbocycles. The molecular weight excluding hydrogens is 286 g/mol. The van der Waals surface area contributed by atoms with E-state index in [0.717, 1.165) is 26.1 Å². The molecule has 0 radical (unpaired) electrons. The highest BCUT2D eigenvalue weighted by Crippen LogP contribution is 2.13. The van der Waals surface area contributed by atoms with Crippen molar-refractivity contribution in [3.05, 3.63) is 35.9 Å². The maximum Gasteiger partial charge on any atom is 0.212 e. The van der Waals surface area contributed by atoms with E-state index in [0.29, 0.717) is 19.1 Å². The molecular formula is C15H25N3O2S. The van der Waals surface area contributed by atoms with Crippen LogP contribution in [-0.4, -0.2) is 51.3 Å². The fourth-order valence-corrected chi connectivity index (χ4v) is 3.64. The van der Waals surface area contributed by atoms with Crippen LogP contribution < -0.4 is 10.0 Å². The topological polar surface area (TPSA) is 61.4 Å². The fraction of sp³-hybridized carbons (Fsp3) is 0.600. The molecule has 1 saturated heterocycles. The van der Waals surface area contributed by atoms with Crippen molar-refractivity contribution in [3.8, 4) is 0 Å². The van der Waals surface area contributed by atoms with E-state index >= 15 is 0 Å². The largest absolute Gasteiger partial charge is 0.312 e. The molecule has 21 heavy (non-hydrogen) atoms. The van der Waals surface area contributed by atoms with Crippen molar-refractivity contribution in [2.45, 2.75) is 25.9 Å². The minimum Gasteiger partial charge on any atom is -0.312 e. The average molecular weight is 311 g/mol. The predicted molar refractivity (Wildman–Crippen MR) is 85.6 cm³/mol. The van der Waals surface area contributed by atoms with Crippen molar-refractivity contribution in [1.82, 2.24) is 14.9 Å². The van der Waals surface area contributed by atoms with Crippen LogP contribution in [0.1, 0.15) is 18.9 Å². The Kier molecular flexibility index (Phi) is 6.17. The van der Waals surface area contributed by atoms with Gasteiger partial charge in [-0.05, 0) is 12.0 Å². The number of hydrogen-bond donors (Lipinski definition) is 2. The normalized spacial score (nSPS) is 20.0. The van der Waals surface area contributed by atoms with Crippen molar-refractivity contribution >= 4 is 10.0 Å². The van der Waals surface area contributed by atoms with Gasteiger partial charge in [0.25, 0.3) is 0 Å². The maximum atomic E-state index is 11.5. The minimum atomic E-state index is -3.11. The first kappa shape index (κ1) is 16.4. The van der Waals surface area contributed by atoms with Gasteiger partial charge in [0.2, 0.25) is 10.0 Å². The quantitative estimate of drug-likeness (QED) is 0.745. The molecule has 1 fully saturated rings. The summed E-state index contributed by atoms with van der Waals surface area (Å²) in [5.41, 5.74) is 1.33. The van der Waals surface area contributed by atoms with Crippen molar-refractivity contribution in [2.75, 3.05) is 31.9 Å². The van der Waals surface area contributed by atoms with Crippen molar-refractivity contribution < 1.29 is 8.42 Å². The average Bonchev–Trinajstić information content (AvgIpc) is 2.87. The van der Waals surface area contributed by atoms with Gasteiger partial charge in [-0.2, -0.15) is 0 Å². The molecule has 2 N–H and O–H groups in total. The summed E-state index contributed by atoms with van der Waals surface area (Å²) in [5.74, 6) is 0.149. The summed E-state index contributed by atoms with van der Waals surface area (Å²) in [6, 6.07) is 10.8. The predicted octanol–water partition coefficient (Wildman–Crippen LogP) is 0.790. The molecule has 1 heterocycles. The summed E-state index contributed by atoms with van der Waals surface area (Å²) in [6.07, 6.45) is 1.08. The zero-order valence-corrected chi connectivity index (χ0v) is 13.4. The number of nitrogens with one attached hydrogen (secondary N) is 2. The first-order valence-electron chi connectivity index (χ1n) is 7.56. The molecule has 5 nitrogen and oxygen atoms in total. The highest BCUT2D eigenvalue weighted by atomic mass is 32.2. The van der Waals surface area contributed by atoms with Gasteiger partial charge in [0.1, 0.15) is 0 Å². The van der Waals surface area contributed by atoms with Gasteiger partial charge in [-0.3, -0.25) is 4.90 Å². The second-order valence-corrected chi connectivity index (χ2v) is 7.40. The van der Waals surface area contributed by atoms with Gasteiger partial charge in [-0.25, -0.2) is 13.1 Å². The highest BCUT2D eigenvalue weighted by Gasteiger charge is 2.22. The van der Waals surface area contributed by atoms with Gasteiger partial charge in [0.15, 0.2) is 0 Å². The summed E-state index contributed by atoms with van der Waals surface area (Å²) in [7, 11) is -3.11. The van der Waals surface area contributed by atoms with E-state index in [9.17, 15) is 8.42 Å². The van der Waals surface area contributed by atoms with E-state index in [1.54, 1.807) is 6.92 Å². The van der Waals surface area contributed by atoms with Gasteiger partial charge in [-0.15, -0.1) is 0 Å². The van der Waals surface area contributed by atoms with Crippen LogP contribution in [0.5, 0.6) is 0 Å². The SMILES string of the molecule is CCNS(=O)(=O)CCNC1CCN(Cc2ccccc2)C1. The number of hydrogen-bond acceptors (Lipinski definition) is 4. The van der Waals surface area contributed by atoms with E-state index < -0.39 is 10.0 Å². The summed E-state index contributed by atoms with van der Waals surface area (Å²) >= 11 is 0. The van der Waals surface area contributed by atoms with E-state index in [2.05, 4.69) is 39.2 Å². The first-order chi connectivity index (χ1) is 10.1. The van der Waals surface area contributed by atoms with Crippen LogP contribution in [0.4, 0.5) is 0 Å². The lowest BCUT2D eigenvalue weighted by atomic mass is 10.2. The third-order valence-electron chi connectivity index (χ3n) is 3.69. The Balaban J connectivity index is 1.69. The van der Waals surface area contributed by atoms with Gasteiger partial charge < -0.3 is 5.32 Å². The Morgan fingerprint density at radius 1 is 1.29 bits per heavy atom. The second kappa shape index (κ2) is 7.89. The van der Waals surface area contributed by atoms with E-state index in [-0.39, 0.29) is 5.75 Å². The molecule has 118 valence electrons. The molecule has 1 atom stereocenters. The zero-order valence-electron chi connectivity index (χ0n) is 12.6. The van der Waals surface area contributed by atoms with Crippen LogP contribution in [0, 0.1) is 0 Å². The smallest absolute Gasteiger partial charge is 0.212 e. The maximum absolute atomic E-state index is 11.5. The van der Waals surface area contributed by atoms with Gasteiger partial charge in [0.05, 0.1) is 5.75 Å². The first-order valence-corrected chi connectivity index (χ1v) is 9.21. The number of likely N-dealkylation sites (tertiary alicyclic amines) is 1. The summed E-state index contributed by atoms with van der Waals surface area (Å²) in [5, 5.41) is 3.35. The molecule has 2 rings (SSSR count). The molecule has 0 aliphatic carbocycles.